The summed E-state index contributed by atoms with van der Waals surface area (Å²) in [5.74, 6) is 1.17. The molecule has 15 heavy (non-hydrogen) atoms. The highest BCUT2D eigenvalue weighted by atomic mass is 16.3. The zero-order valence-corrected chi connectivity index (χ0v) is 9.36. The first-order valence-corrected chi connectivity index (χ1v) is 6.62. The van der Waals surface area contributed by atoms with Crippen molar-refractivity contribution in [1.29, 1.82) is 0 Å². The van der Waals surface area contributed by atoms with Crippen LogP contribution in [0.25, 0.3) is 0 Å². The Labute approximate surface area is 91.7 Å². The SMILES string of the molecule is O[C@@H]1[C@@H]2CCC[C@@H]1[C@]1(O)CCCC[C@@H]1C2. The van der Waals surface area contributed by atoms with Gasteiger partial charge in [-0.25, -0.2) is 0 Å². The van der Waals surface area contributed by atoms with Crippen molar-refractivity contribution >= 4 is 0 Å². The van der Waals surface area contributed by atoms with Gasteiger partial charge in [0.1, 0.15) is 0 Å². The Bertz CT molecular complexity index is 253. The van der Waals surface area contributed by atoms with Crippen LogP contribution >= 0.6 is 0 Å². The number of fused-ring (bicyclic) bond motifs is 4. The largest absolute Gasteiger partial charge is 0.392 e. The minimum absolute atomic E-state index is 0.190. The Morgan fingerprint density at radius 1 is 1.00 bits per heavy atom. The maximum Gasteiger partial charge on any atom is 0.0728 e. The summed E-state index contributed by atoms with van der Waals surface area (Å²) in [4.78, 5) is 0. The summed E-state index contributed by atoms with van der Waals surface area (Å²) in [6, 6.07) is 0. The molecule has 0 aliphatic heterocycles. The summed E-state index contributed by atoms with van der Waals surface area (Å²) in [7, 11) is 0. The molecule has 3 saturated carbocycles. The zero-order valence-electron chi connectivity index (χ0n) is 9.36. The van der Waals surface area contributed by atoms with E-state index in [1.54, 1.807) is 0 Å². The second kappa shape index (κ2) is 3.46. The van der Waals surface area contributed by atoms with Crippen LogP contribution in [0, 0.1) is 17.8 Å². The van der Waals surface area contributed by atoms with E-state index in [2.05, 4.69) is 0 Å². The fraction of sp³-hybridized carbons (Fsp3) is 1.00. The normalized spacial score (nSPS) is 54.8. The Balaban J connectivity index is 1.90. The summed E-state index contributed by atoms with van der Waals surface area (Å²) >= 11 is 0. The predicted molar refractivity (Wildman–Crippen MR) is 58.4 cm³/mol. The van der Waals surface area contributed by atoms with Gasteiger partial charge in [-0.3, -0.25) is 0 Å². The molecule has 3 aliphatic carbocycles. The molecule has 3 fully saturated rings. The lowest BCUT2D eigenvalue weighted by Gasteiger charge is -2.55. The number of rotatable bonds is 0. The minimum atomic E-state index is -0.505. The molecule has 2 heteroatoms. The maximum atomic E-state index is 10.8. The van der Waals surface area contributed by atoms with Gasteiger partial charge in [0.25, 0.3) is 0 Å². The number of hydrogen-bond donors (Lipinski definition) is 2. The van der Waals surface area contributed by atoms with Crippen molar-refractivity contribution in [3.63, 3.8) is 0 Å². The molecule has 0 heterocycles. The maximum absolute atomic E-state index is 10.8. The molecule has 5 atom stereocenters. The molecule has 0 unspecified atom stereocenters. The summed E-state index contributed by atoms with van der Waals surface area (Å²) < 4.78 is 0. The van der Waals surface area contributed by atoms with E-state index in [1.165, 1.54) is 25.7 Å². The highest BCUT2D eigenvalue weighted by Crippen LogP contribution is 2.53. The van der Waals surface area contributed by atoms with Crippen molar-refractivity contribution in [3.05, 3.63) is 0 Å². The standard InChI is InChI=1S/C13H22O2/c14-12-9-4-3-6-11(12)13(15)7-2-1-5-10(13)8-9/h9-12,14-15H,1-8H2/t9-,10-,11+,12-,13+/m1/s1. The van der Waals surface area contributed by atoms with Gasteiger partial charge in [0, 0.05) is 5.92 Å². The van der Waals surface area contributed by atoms with Gasteiger partial charge in [-0.2, -0.15) is 0 Å². The minimum Gasteiger partial charge on any atom is -0.392 e. The Morgan fingerprint density at radius 2 is 1.87 bits per heavy atom. The third-order valence-corrected chi connectivity index (χ3v) is 5.30. The van der Waals surface area contributed by atoms with Crippen LogP contribution in [0.15, 0.2) is 0 Å². The quantitative estimate of drug-likeness (QED) is 0.642. The lowest BCUT2D eigenvalue weighted by atomic mass is 9.54. The molecule has 0 aromatic heterocycles. The molecule has 0 amide bonds. The lowest BCUT2D eigenvalue weighted by Crippen LogP contribution is -2.59. The third-order valence-electron chi connectivity index (χ3n) is 5.30. The van der Waals surface area contributed by atoms with Crippen LogP contribution in [-0.2, 0) is 0 Å². The van der Waals surface area contributed by atoms with E-state index >= 15 is 0 Å². The molecule has 0 aromatic rings. The lowest BCUT2D eigenvalue weighted by molar-refractivity contribution is -0.191. The Morgan fingerprint density at radius 3 is 2.73 bits per heavy atom. The summed E-state index contributed by atoms with van der Waals surface area (Å²) in [5, 5.41) is 21.0. The van der Waals surface area contributed by atoms with Crippen LogP contribution in [0.2, 0.25) is 0 Å². The first-order valence-electron chi connectivity index (χ1n) is 6.62. The van der Waals surface area contributed by atoms with Crippen LogP contribution in [0.1, 0.15) is 51.4 Å². The average molecular weight is 210 g/mol. The Hall–Kier alpha value is -0.0800. The number of aliphatic hydroxyl groups is 2. The molecule has 0 radical (unpaired) electrons. The van der Waals surface area contributed by atoms with Gasteiger partial charge < -0.3 is 10.2 Å². The van der Waals surface area contributed by atoms with Crippen molar-refractivity contribution in [3.8, 4) is 0 Å². The van der Waals surface area contributed by atoms with Crippen LogP contribution in [0.5, 0.6) is 0 Å². The topological polar surface area (TPSA) is 40.5 Å². The first-order chi connectivity index (χ1) is 7.22. The smallest absolute Gasteiger partial charge is 0.0728 e. The molecule has 3 aliphatic rings. The summed E-state index contributed by atoms with van der Waals surface area (Å²) in [6.45, 7) is 0. The van der Waals surface area contributed by atoms with Crippen LogP contribution in [-0.4, -0.2) is 21.9 Å². The molecule has 2 nitrogen and oxygen atoms in total. The van der Waals surface area contributed by atoms with E-state index in [9.17, 15) is 10.2 Å². The van der Waals surface area contributed by atoms with Crippen molar-refractivity contribution in [1.82, 2.24) is 0 Å². The highest BCUT2D eigenvalue weighted by molar-refractivity contribution is 5.05. The van der Waals surface area contributed by atoms with Crippen molar-refractivity contribution in [2.75, 3.05) is 0 Å². The second-order valence-electron chi connectivity index (χ2n) is 5.96. The van der Waals surface area contributed by atoms with Gasteiger partial charge in [-0.05, 0) is 43.9 Å². The number of aliphatic hydroxyl groups excluding tert-OH is 1. The Kier molecular flexibility index (Phi) is 2.33. The van der Waals surface area contributed by atoms with Crippen molar-refractivity contribution in [2.45, 2.75) is 63.1 Å². The zero-order chi connectivity index (χ0) is 10.5. The molecule has 0 spiro atoms. The third kappa shape index (κ3) is 1.38. The summed E-state index contributed by atoms with van der Waals surface area (Å²) in [5.41, 5.74) is -0.505. The fourth-order valence-corrected chi connectivity index (χ4v) is 4.50. The summed E-state index contributed by atoms with van der Waals surface area (Å²) in [6.07, 6.45) is 8.87. The van der Waals surface area contributed by atoms with Gasteiger partial charge in [-0.15, -0.1) is 0 Å². The second-order valence-corrected chi connectivity index (χ2v) is 5.96. The van der Waals surface area contributed by atoms with Gasteiger partial charge in [0.15, 0.2) is 0 Å². The average Bonchev–Trinajstić information content (AvgIpc) is 2.21. The van der Waals surface area contributed by atoms with Crippen molar-refractivity contribution in [2.24, 2.45) is 17.8 Å². The first kappa shape index (κ1) is 10.1. The van der Waals surface area contributed by atoms with E-state index in [4.69, 9.17) is 0 Å². The van der Waals surface area contributed by atoms with E-state index < -0.39 is 5.60 Å². The van der Waals surface area contributed by atoms with Gasteiger partial charge in [-0.1, -0.05) is 19.3 Å². The molecule has 86 valence electrons. The van der Waals surface area contributed by atoms with E-state index in [0.717, 1.165) is 25.7 Å². The molecule has 0 saturated heterocycles. The van der Waals surface area contributed by atoms with Crippen molar-refractivity contribution < 1.29 is 10.2 Å². The fourth-order valence-electron chi connectivity index (χ4n) is 4.50. The van der Waals surface area contributed by atoms with Gasteiger partial charge in [0.05, 0.1) is 11.7 Å². The van der Waals surface area contributed by atoms with E-state index in [0.29, 0.717) is 11.8 Å². The monoisotopic (exact) mass is 210 g/mol. The number of hydrogen-bond acceptors (Lipinski definition) is 2. The molecule has 2 bridgehead atoms. The van der Waals surface area contributed by atoms with Crippen LogP contribution in [0.3, 0.4) is 0 Å². The van der Waals surface area contributed by atoms with Gasteiger partial charge in [0.2, 0.25) is 0 Å². The predicted octanol–water partition coefficient (Wildman–Crippen LogP) is 2.09. The van der Waals surface area contributed by atoms with Crippen LogP contribution < -0.4 is 0 Å². The molecular formula is C13H22O2. The van der Waals surface area contributed by atoms with Gasteiger partial charge >= 0.3 is 0 Å². The molecular weight excluding hydrogens is 188 g/mol. The molecule has 2 N–H and O–H groups in total. The molecule has 0 aromatic carbocycles. The highest BCUT2D eigenvalue weighted by Gasteiger charge is 2.54. The molecule has 3 rings (SSSR count). The van der Waals surface area contributed by atoms with E-state index in [1.807, 2.05) is 0 Å². The van der Waals surface area contributed by atoms with Crippen LogP contribution in [0.4, 0.5) is 0 Å². The van der Waals surface area contributed by atoms with E-state index in [-0.39, 0.29) is 12.0 Å².